The van der Waals surface area contributed by atoms with Crippen molar-refractivity contribution in [2.45, 2.75) is 87.4 Å². The minimum Gasteiger partial charge on any atom is -0.493 e. The molecule has 0 radical (unpaired) electrons. The van der Waals surface area contributed by atoms with E-state index in [-0.39, 0.29) is 38.3 Å². The Morgan fingerprint density at radius 3 is 2.61 bits per heavy atom. The molecule has 1 aromatic carbocycles. The first kappa shape index (κ1) is 38.8. The van der Waals surface area contributed by atoms with Gasteiger partial charge in [-0.15, -0.1) is 0 Å². The fourth-order valence-electron chi connectivity index (χ4n) is 9.16. The number of carboxylic acid groups (broad SMARTS) is 2. The van der Waals surface area contributed by atoms with Crippen LogP contribution < -0.4 is 31.2 Å². The molecule has 17 heteroatoms. The van der Waals surface area contributed by atoms with Crippen molar-refractivity contribution in [3.8, 4) is 11.5 Å². The number of unbranched alkanes of at least 4 members (excludes halogenated alkanes) is 1. The molecular weight excluding hydrogens is 704 g/mol. The van der Waals surface area contributed by atoms with Crippen LogP contribution in [-0.2, 0) is 40.5 Å². The molecule has 294 valence electrons. The Morgan fingerprint density at radius 1 is 1.09 bits per heavy atom. The third-order valence-corrected chi connectivity index (χ3v) is 11.8. The zero-order valence-electron chi connectivity index (χ0n) is 30.6. The number of hydrogen-bond donors (Lipinski definition) is 6. The van der Waals surface area contributed by atoms with Gasteiger partial charge in [-0.2, -0.15) is 0 Å². The molecule has 3 heterocycles. The fourth-order valence-corrected chi connectivity index (χ4v) is 9.16. The molecule has 54 heavy (non-hydrogen) atoms. The van der Waals surface area contributed by atoms with Gasteiger partial charge in [-0.1, -0.05) is 6.07 Å². The van der Waals surface area contributed by atoms with Crippen LogP contribution in [0, 0.1) is 11.8 Å². The van der Waals surface area contributed by atoms with Crippen molar-refractivity contribution in [2.75, 3.05) is 46.9 Å². The molecule has 2 fully saturated rings. The van der Waals surface area contributed by atoms with Crippen LogP contribution >= 0.6 is 0 Å². The summed E-state index contributed by atoms with van der Waals surface area (Å²) in [6, 6.07) is 2.56. The molecule has 17 nitrogen and oxygen atoms in total. The van der Waals surface area contributed by atoms with Crippen LogP contribution in [0.1, 0.15) is 62.5 Å². The van der Waals surface area contributed by atoms with Crippen molar-refractivity contribution < 1.29 is 53.2 Å². The monoisotopic (exact) mass is 754 g/mol. The number of benzene rings is 1. The number of likely N-dealkylation sites (tertiary alicyclic amines) is 2. The Bertz CT molecular complexity index is 1700. The van der Waals surface area contributed by atoms with Gasteiger partial charge in [0.15, 0.2) is 17.6 Å². The first-order valence-corrected chi connectivity index (χ1v) is 18.6. The molecule has 1 aromatic rings. The summed E-state index contributed by atoms with van der Waals surface area (Å²) in [6.07, 6.45) is 3.87. The Morgan fingerprint density at radius 2 is 1.89 bits per heavy atom. The number of carboxylic acids is 2. The summed E-state index contributed by atoms with van der Waals surface area (Å²) in [5.41, 5.74) is 7.58. The largest absolute Gasteiger partial charge is 0.493 e. The highest BCUT2D eigenvalue weighted by atomic mass is 16.6. The number of carbonyl (C=O) groups excluding carboxylic acids is 4. The maximum Gasteiger partial charge on any atom is 0.415 e. The zero-order valence-corrected chi connectivity index (χ0v) is 30.6. The average molecular weight is 755 g/mol. The van der Waals surface area contributed by atoms with E-state index in [1.54, 1.807) is 7.11 Å². The van der Waals surface area contributed by atoms with Gasteiger partial charge >= 0.3 is 18.0 Å². The van der Waals surface area contributed by atoms with Gasteiger partial charge in [0.25, 0.3) is 0 Å². The van der Waals surface area contributed by atoms with Crippen LogP contribution in [0.15, 0.2) is 24.0 Å². The Hall–Kier alpha value is -4.90. The van der Waals surface area contributed by atoms with E-state index in [0.717, 1.165) is 24.9 Å². The minimum absolute atomic E-state index is 0.0650. The summed E-state index contributed by atoms with van der Waals surface area (Å²) in [5, 5.41) is 26.2. The van der Waals surface area contributed by atoms with E-state index in [0.29, 0.717) is 49.1 Å². The van der Waals surface area contributed by atoms with E-state index < -0.39 is 78.2 Å². The predicted molar refractivity (Wildman–Crippen MR) is 190 cm³/mol. The standard InChI is InChI=1S/C37H50N6O11/c1-42-14-11-37-23-7-9-27(33(37)54-32-26(52-2)8-6-20(31(32)37)16-25(23)42)53-36(51)43-13-10-21(35(49)50)15-22(43)18-40-34(48)24(5-3-4-12-38)41-29(45)19-39-28(44)17-30(46)47/h6,8-9,21-25,33H,3-5,7,10-19,38H2,1-2H3,(H,39,44)(H,40,48)(H,41,45)(H,46,47)(H,49,50)/t21?,22-,23+,24+,25-,33+,37+/m1/s1. The van der Waals surface area contributed by atoms with Crippen LogP contribution in [-0.4, -0.2) is 127 Å². The van der Waals surface area contributed by atoms with Crippen LogP contribution in [0.3, 0.4) is 0 Å². The normalized spacial score (nSPS) is 27.0. The second-order valence-electron chi connectivity index (χ2n) is 14.9. The molecule has 3 aliphatic heterocycles. The number of aliphatic carboxylic acids is 2. The zero-order chi connectivity index (χ0) is 38.7. The second-order valence-corrected chi connectivity index (χ2v) is 14.9. The number of methoxy groups -OCH3 is 1. The van der Waals surface area contributed by atoms with Crippen LogP contribution in [0.25, 0.3) is 0 Å². The van der Waals surface area contributed by atoms with E-state index in [2.05, 4.69) is 34.0 Å². The lowest BCUT2D eigenvalue weighted by Crippen LogP contribution is -2.63. The number of nitrogens with one attached hydrogen (secondary N) is 3. The summed E-state index contributed by atoms with van der Waals surface area (Å²) in [5.74, 6) is -3.26. The van der Waals surface area contributed by atoms with E-state index in [4.69, 9.17) is 25.1 Å². The smallest absolute Gasteiger partial charge is 0.415 e. The van der Waals surface area contributed by atoms with Gasteiger partial charge in [-0.05, 0) is 95.1 Å². The minimum atomic E-state index is -1.35. The Balaban J connectivity index is 1.16. The number of rotatable bonds is 15. The maximum atomic E-state index is 14.1. The number of carbonyl (C=O) groups is 6. The number of hydrogen-bond acceptors (Lipinski definition) is 11. The number of likely N-dealkylation sites (N-methyl/N-ethyl adjacent to an activating group) is 1. The molecule has 4 amide bonds. The fraction of sp³-hybridized carbons (Fsp3) is 0.622. The summed E-state index contributed by atoms with van der Waals surface area (Å²) in [4.78, 5) is 78.6. The topological polar surface area (TPSA) is 239 Å². The molecule has 5 aliphatic rings. The molecule has 2 bridgehead atoms. The molecule has 0 aromatic heterocycles. The van der Waals surface area contributed by atoms with Gasteiger partial charge in [-0.25, -0.2) is 4.79 Å². The molecule has 2 saturated heterocycles. The predicted octanol–water partition coefficient (Wildman–Crippen LogP) is 0.481. The highest BCUT2D eigenvalue weighted by molar-refractivity contribution is 5.95. The molecule has 0 saturated carbocycles. The van der Waals surface area contributed by atoms with E-state index in [1.807, 2.05) is 12.1 Å². The lowest BCUT2D eigenvalue weighted by molar-refractivity contribution is -0.144. The number of nitrogens with zero attached hydrogens (tertiary/aromatic N) is 2. The number of amides is 4. The van der Waals surface area contributed by atoms with E-state index in [1.165, 1.54) is 10.5 Å². The van der Waals surface area contributed by atoms with Crippen LogP contribution in [0.2, 0.25) is 0 Å². The highest BCUT2D eigenvalue weighted by Gasteiger charge is 2.65. The summed E-state index contributed by atoms with van der Waals surface area (Å²) >= 11 is 0. The first-order valence-electron chi connectivity index (χ1n) is 18.6. The quantitative estimate of drug-likeness (QED) is 0.106. The Labute approximate surface area is 312 Å². The van der Waals surface area contributed by atoms with Gasteiger partial charge in [0.05, 0.1) is 25.6 Å². The second kappa shape index (κ2) is 16.2. The summed E-state index contributed by atoms with van der Waals surface area (Å²) in [7, 11) is 3.76. The molecule has 7 N–H and O–H groups in total. The van der Waals surface area contributed by atoms with Crippen molar-refractivity contribution in [1.82, 2.24) is 25.8 Å². The highest BCUT2D eigenvalue weighted by Crippen LogP contribution is 2.63. The SMILES string of the molecule is COc1ccc2c3c1O[C@H]1C(OC(=O)N4CCC(C(=O)O)C[C@@H]4CNC(=O)[C@H](CCCCN)NC(=O)CNC(=O)CC(=O)O)=CC[C@H]4[C@@H](C2)N(C)CC[C@]314. The number of piperidine rings is 2. The first-order chi connectivity index (χ1) is 25.9. The van der Waals surface area contributed by atoms with Gasteiger partial charge in [0.2, 0.25) is 17.7 Å². The molecule has 7 atom stereocenters. The van der Waals surface area contributed by atoms with Crippen molar-refractivity contribution in [1.29, 1.82) is 0 Å². The van der Waals surface area contributed by atoms with Crippen LogP contribution in [0.4, 0.5) is 4.79 Å². The average Bonchev–Trinajstić information content (AvgIpc) is 3.50. The van der Waals surface area contributed by atoms with Gasteiger partial charge in [0, 0.05) is 30.1 Å². The van der Waals surface area contributed by atoms with Gasteiger partial charge in [-0.3, -0.25) is 24.0 Å². The lowest BCUT2D eigenvalue weighted by Gasteiger charge is -2.56. The number of ether oxygens (including phenoxy) is 3. The Kier molecular flexibility index (Phi) is 11.7. The number of nitrogens with two attached hydrogens (primary N) is 1. The molecule has 6 rings (SSSR count). The van der Waals surface area contributed by atoms with E-state index in [9.17, 15) is 33.9 Å². The van der Waals surface area contributed by atoms with Crippen LogP contribution in [0.5, 0.6) is 11.5 Å². The van der Waals surface area contributed by atoms with Crippen molar-refractivity contribution in [3.05, 3.63) is 35.1 Å². The summed E-state index contributed by atoms with van der Waals surface area (Å²) in [6.45, 7) is 0.665. The van der Waals surface area contributed by atoms with Gasteiger partial charge < -0.3 is 55.9 Å². The van der Waals surface area contributed by atoms with Crippen molar-refractivity contribution in [2.24, 2.45) is 17.6 Å². The van der Waals surface area contributed by atoms with Crippen molar-refractivity contribution in [3.63, 3.8) is 0 Å². The maximum absolute atomic E-state index is 14.1. The molecule has 1 unspecified atom stereocenters. The molecule has 2 aliphatic carbocycles. The third-order valence-electron chi connectivity index (χ3n) is 11.8. The van der Waals surface area contributed by atoms with Crippen molar-refractivity contribution >= 4 is 35.8 Å². The third kappa shape index (κ3) is 7.56. The van der Waals surface area contributed by atoms with E-state index >= 15 is 0 Å². The lowest BCUT2D eigenvalue weighted by atomic mass is 9.53. The number of allylic oxidation sites excluding steroid dienone is 1. The molecule has 1 spiro atoms. The molecular formula is C37H50N6O11. The van der Waals surface area contributed by atoms with Gasteiger partial charge in [0.1, 0.15) is 18.2 Å². The summed E-state index contributed by atoms with van der Waals surface area (Å²) < 4.78 is 18.6.